The number of rotatable bonds is 5. The quantitative estimate of drug-likeness (QED) is 0.693. The van der Waals surface area contributed by atoms with Gasteiger partial charge in [0.05, 0.1) is 6.61 Å². The van der Waals surface area contributed by atoms with Crippen molar-refractivity contribution in [3.63, 3.8) is 0 Å². The molecule has 0 bridgehead atoms. The summed E-state index contributed by atoms with van der Waals surface area (Å²) in [4.78, 5) is 32.8. The van der Waals surface area contributed by atoms with Crippen LogP contribution >= 0.6 is 11.8 Å². The molecule has 0 rings (SSSR count). The van der Waals surface area contributed by atoms with Crippen LogP contribution in [0.2, 0.25) is 0 Å². The molecule has 0 saturated carbocycles. The maximum atomic E-state index is 11.3. The molecule has 0 aliphatic heterocycles. The van der Waals surface area contributed by atoms with Crippen molar-refractivity contribution >= 4 is 28.8 Å². The standard InChI is InChI=1S/C9H15NO4S/c1-4-14-9(13)8(10-6(2)11)5-15-7(3)12/h8H,4-5H2,1-3H3,(H,10,11)/t8-/m0/s1. The highest BCUT2D eigenvalue weighted by Gasteiger charge is 2.21. The van der Waals surface area contributed by atoms with Crippen molar-refractivity contribution in [3.05, 3.63) is 0 Å². The van der Waals surface area contributed by atoms with Crippen LogP contribution in [0.3, 0.4) is 0 Å². The van der Waals surface area contributed by atoms with E-state index in [4.69, 9.17) is 4.74 Å². The lowest BCUT2D eigenvalue weighted by Crippen LogP contribution is -2.42. The average Bonchev–Trinajstić information content (AvgIpc) is 2.11. The van der Waals surface area contributed by atoms with Gasteiger partial charge in [0, 0.05) is 19.6 Å². The van der Waals surface area contributed by atoms with E-state index in [2.05, 4.69) is 5.32 Å². The Morgan fingerprint density at radius 3 is 2.33 bits per heavy atom. The minimum Gasteiger partial charge on any atom is -0.464 e. The molecule has 86 valence electrons. The van der Waals surface area contributed by atoms with Gasteiger partial charge in [0.25, 0.3) is 0 Å². The van der Waals surface area contributed by atoms with Crippen LogP contribution < -0.4 is 5.32 Å². The first-order valence-electron chi connectivity index (χ1n) is 4.54. The van der Waals surface area contributed by atoms with Crippen LogP contribution in [0, 0.1) is 0 Å². The SMILES string of the molecule is CCOC(=O)[C@H](CSC(C)=O)NC(C)=O. The number of hydrogen-bond donors (Lipinski definition) is 1. The third-order valence-electron chi connectivity index (χ3n) is 1.40. The summed E-state index contributed by atoms with van der Waals surface area (Å²) in [7, 11) is 0. The molecule has 0 spiro atoms. The highest BCUT2D eigenvalue weighted by Crippen LogP contribution is 2.05. The van der Waals surface area contributed by atoms with Gasteiger partial charge in [0.2, 0.25) is 5.91 Å². The summed E-state index contributed by atoms with van der Waals surface area (Å²) < 4.78 is 4.76. The van der Waals surface area contributed by atoms with Crippen LogP contribution in [-0.4, -0.2) is 35.4 Å². The van der Waals surface area contributed by atoms with Gasteiger partial charge in [-0.2, -0.15) is 0 Å². The lowest BCUT2D eigenvalue weighted by Gasteiger charge is -2.14. The zero-order valence-corrected chi connectivity index (χ0v) is 9.85. The fourth-order valence-electron chi connectivity index (χ4n) is 0.858. The highest BCUT2D eigenvalue weighted by molar-refractivity contribution is 8.13. The number of hydrogen-bond acceptors (Lipinski definition) is 5. The number of esters is 1. The van der Waals surface area contributed by atoms with Gasteiger partial charge in [-0.1, -0.05) is 11.8 Å². The molecule has 1 amide bonds. The van der Waals surface area contributed by atoms with E-state index in [1.54, 1.807) is 6.92 Å². The summed E-state index contributed by atoms with van der Waals surface area (Å²) in [6.07, 6.45) is 0. The van der Waals surface area contributed by atoms with Crippen molar-refractivity contribution < 1.29 is 19.1 Å². The molecule has 0 heterocycles. The maximum absolute atomic E-state index is 11.3. The van der Waals surface area contributed by atoms with Crippen LogP contribution in [0.15, 0.2) is 0 Å². The Bertz CT molecular complexity index is 254. The molecule has 0 aromatic rings. The fourth-order valence-corrected chi connectivity index (χ4v) is 1.48. The zero-order valence-electron chi connectivity index (χ0n) is 9.03. The second-order valence-electron chi connectivity index (χ2n) is 2.81. The first-order valence-corrected chi connectivity index (χ1v) is 5.53. The molecule has 0 unspecified atom stereocenters. The van der Waals surface area contributed by atoms with E-state index in [1.807, 2.05) is 0 Å². The molecule has 1 atom stereocenters. The lowest BCUT2D eigenvalue weighted by atomic mass is 10.3. The smallest absolute Gasteiger partial charge is 0.329 e. The van der Waals surface area contributed by atoms with Crippen molar-refractivity contribution in [3.8, 4) is 0 Å². The Morgan fingerprint density at radius 2 is 1.93 bits per heavy atom. The summed E-state index contributed by atoms with van der Waals surface area (Å²) in [5.41, 5.74) is 0. The fraction of sp³-hybridized carbons (Fsp3) is 0.667. The molecule has 0 aromatic carbocycles. The topological polar surface area (TPSA) is 72.5 Å². The summed E-state index contributed by atoms with van der Waals surface area (Å²) in [5.74, 6) is -0.632. The van der Waals surface area contributed by atoms with Crippen LogP contribution in [-0.2, 0) is 19.1 Å². The van der Waals surface area contributed by atoms with Crippen molar-refractivity contribution in [1.82, 2.24) is 5.32 Å². The summed E-state index contributed by atoms with van der Waals surface area (Å²) >= 11 is 0.981. The monoisotopic (exact) mass is 233 g/mol. The van der Waals surface area contributed by atoms with E-state index in [0.717, 1.165) is 11.8 Å². The molecule has 0 aromatic heterocycles. The van der Waals surface area contributed by atoms with Crippen molar-refractivity contribution in [2.24, 2.45) is 0 Å². The van der Waals surface area contributed by atoms with Gasteiger partial charge in [-0.3, -0.25) is 9.59 Å². The third-order valence-corrected chi connectivity index (χ3v) is 2.31. The van der Waals surface area contributed by atoms with E-state index >= 15 is 0 Å². The summed E-state index contributed by atoms with van der Waals surface area (Å²) in [6, 6.07) is -0.753. The molecule has 0 saturated heterocycles. The predicted molar refractivity (Wildman–Crippen MR) is 57.4 cm³/mol. The molecule has 0 radical (unpaired) electrons. The number of thioether (sulfide) groups is 1. The van der Waals surface area contributed by atoms with Crippen LogP contribution in [0.25, 0.3) is 0 Å². The van der Waals surface area contributed by atoms with Gasteiger partial charge in [0.1, 0.15) is 6.04 Å². The van der Waals surface area contributed by atoms with E-state index in [0.29, 0.717) is 0 Å². The summed E-state index contributed by atoms with van der Waals surface area (Å²) in [6.45, 7) is 4.64. The normalized spacial score (nSPS) is 11.7. The summed E-state index contributed by atoms with van der Waals surface area (Å²) in [5, 5.41) is 2.33. The Hall–Kier alpha value is -1.04. The second kappa shape index (κ2) is 7.28. The number of carbonyl (C=O) groups is 3. The van der Waals surface area contributed by atoms with Gasteiger partial charge in [-0.15, -0.1) is 0 Å². The first kappa shape index (κ1) is 14.0. The van der Waals surface area contributed by atoms with Gasteiger partial charge in [0.15, 0.2) is 5.12 Å². The molecule has 1 N–H and O–H groups in total. The highest BCUT2D eigenvalue weighted by atomic mass is 32.2. The largest absolute Gasteiger partial charge is 0.464 e. The van der Waals surface area contributed by atoms with Gasteiger partial charge in [-0.05, 0) is 6.92 Å². The van der Waals surface area contributed by atoms with E-state index in [1.165, 1.54) is 13.8 Å². The van der Waals surface area contributed by atoms with Crippen LogP contribution in [0.1, 0.15) is 20.8 Å². The second-order valence-corrected chi connectivity index (χ2v) is 4.00. The van der Waals surface area contributed by atoms with Gasteiger partial charge < -0.3 is 10.1 Å². The minimum absolute atomic E-state index is 0.102. The average molecular weight is 233 g/mol. The van der Waals surface area contributed by atoms with Crippen LogP contribution in [0.5, 0.6) is 0 Å². The lowest BCUT2D eigenvalue weighted by molar-refractivity contribution is -0.146. The Kier molecular flexibility index (Phi) is 6.77. The van der Waals surface area contributed by atoms with Gasteiger partial charge >= 0.3 is 5.97 Å². The zero-order chi connectivity index (χ0) is 11.8. The number of ether oxygens (including phenoxy) is 1. The molecular formula is C9H15NO4S. The number of carbonyl (C=O) groups excluding carboxylic acids is 3. The Labute approximate surface area is 92.9 Å². The Morgan fingerprint density at radius 1 is 1.33 bits per heavy atom. The first-order chi connectivity index (χ1) is 6.97. The molecule has 0 fully saturated rings. The number of nitrogens with one attached hydrogen (secondary N) is 1. The molecule has 5 nitrogen and oxygen atoms in total. The molecular weight excluding hydrogens is 218 g/mol. The van der Waals surface area contributed by atoms with E-state index < -0.39 is 12.0 Å². The molecule has 0 aliphatic carbocycles. The van der Waals surface area contributed by atoms with Crippen molar-refractivity contribution in [2.75, 3.05) is 12.4 Å². The van der Waals surface area contributed by atoms with Gasteiger partial charge in [-0.25, -0.2) is 4.79 Å². The predicted octanol–water partition coefficient (Wildman–Crippen LogP) is 0.334. The molecule has 15 heavy (non-hydrogen) atoms. The molecule has 0 aliphatic rings. The van der Waals surface area contributed by atoms with Crippen LogP contribution in [0.4, 0.5) is 0 Å². The number of amides is 1. The Balaban J connectivity index is 4.23. The molecule has 6 heteroatoms. The maximum Gasteiger partial charge on any atom is 0.329 e. The van der Waals surface area contributed by atoms with E-state index in [-0.39, 0.29) is 23.4 Å². The minimum atomic E-state index is -0.753. The van der Waals surface area contributed by atoms with Crippen molar-refractivity contribution in [2.45, 2.75) is 26.8 Å². The van der Waals surface area contributed by atoms with E-state index in [9.17, 15) is 14.4 Å². The van der Waals surface area contributed by atoms with Crippen molar-refractivity contribution in [1.29, 1.82) is 0 Å². The third kappa shape index (κ3) is 6.96.